The first-order valence-electron chi connectivity index (χ1n) is 5.66. The van der Waals surface area contributed by atoms with E-state index in [1.165, 1.54) is 36.4 Å². The monoisotopic (exact) mass is 267 g/mol. The van der Waals surface area contributed by atoms with Gasteiger partial charge in [0, 0.05) is 0 Å². The molecule has 19 heavy (non-hydrogen) atoms. The summed E-state index contributed by atoms with van der Waals surface area (Å²) in [6, 6.07) is 8.70. The van der Waals surface area contributed by atoms with Crippen LogP contribution >= 0.6 is 0 Å². The van der Waals surface area contributed by atoms with Gasteiger partial charge < -0.3 is 10.5 Å². The summed E-state index contributed by atoms with van der Waals surface area (Å²) in [5, 5.41) is 0. The van der Waals surface area contributed by atoms with Crippen LogP contribution in [0.5, 0.6) is 5.75 Å². The van der Waals surface area contributed by atoms with Crippen molar-refractivity contribution < 1.29 is 17.9 Å². The molecule has 2 aromatic rings. The van der Waals surface area contributed by atoms with E-state index in [9.17, 15) is 13.2 Å². The predicted molar refractivity (Wildman–Crippen MR) is 65.2 cm³/mol. The summed E-state index contributed by atoms with van der Waals surface area (Å²) in [6.45, 7) is -0.0357. The molecule has 1 unspecified atom stereocenters. The lowest BCUT2D eigenvalue weighted by atomic mass is 10.1. The molecule has 5 heteroatoms. The fourth-order valence-corrected chi connectivity index (χ4v) is 1.58. The summed E-state index contributed by atoms with van der Waals surface area (Å²) in [5.41, 5.74) is 6.47. The average molecular weight is 267 g/mol. The van der Waals surface area contributed by atoms with E-state index in [0.717, 1.165) is 6.07 Å². The molecule has 0 fully saturated rings. The molecule has 0 heterocycles. The Kier molecular flexibility index (Phi) is 4.06. The molecule has 0 amide bonds. The van der Waals surface area contributed by atoms with E-state index in [-0.39, 0.29) is 18.2 Å². The first-order chi connectivity index (χ1) is 9.08. The van der Waals surface area contributed by atoms with Crippen LogP contribution in [0, 0.1) is 17.5 Å². The minimum atomic E-state index is -1.05. The molecule has 0 saturated heterocycles. The lowest BCUT2D eigenvalue weighted by Crippen LogP contribution is -2.19. The van der Waals surface area contributed by atoms with Gasteiger partial charge in [-0.3, -0.25) is 0 Å². The molecule has 100 valence electrons. The van der Waals surface area contributed by atoms with E-state index in [0.29, 0.717) is 5.56 Å². The minimum Gasteiger partial charge on any atom is -0.488 e. The van der Waals surface area contributed by atoms with E-state index >= 15 is 0 Å². The van der Waals surface area contributed by atoms with Crippen molar-refractivity contribution in [2.75, 3.05) is 6.61 Å². The molecule has 0 aliphatic rings. The Balaban J connectivity index is 2.02. The van der Waals surface area contributed by atoms with Gasteiger partial charge in [0.05, 0.1) is 6.04 Å². The standard InChI is InChI=1S/C14H12F3NO/c15-10-6-4-9(5-7-10)12(18)8-19-13-3-1-2-11(16)14(13)17/h1-7,12H,8,18H2. The fraction of sp³-hybridized carbons (Fsp3) is 0.143. The van der Waals surface area contributed by atoms with Crippen LogP contribution in [0.25, 0.3) is 0 Å². The maximum atomic E-state index is 13.3. The summed E-state index contributed by atoms with van der Waals surface area (Å²) in [6.07, 6.45) is 0. The highest BCUT2D eigenvalue weighted by atomic mass is 19.2. The number of hydrogen-bond donors (Lipinski definition) is 1. The van der Waals surface area contributed by atoms with Crippen molar-refractivity contribution in [3.05, 3.63) is 65.5 Å². The molecule has 0 aromatic heterocycles. The van der Waals surface area contributed by atoms with Gasteiger partial charge in [-0.25, -0.2) is 8.78 Å². The van der Waals surface area contributed by atoms with Gasteiger partial charge in [0.15, 0.2) is 11.6 Å². The van der Waals surface area contributed by atoms with Crippen molar-refractivity contribution in [2.24, 2.45) is 5.73 Å². The Morgan fingerprint density at radius 3 is 2.37 bits per heavy atom. The van der Waals surface area contributed by atoms with Crippen molar-refractivity contribution in [3.63, 3.8) is 0 Å². The zero-order chi connectivity index (χ0) is 13.8. The predicted octanol–water partition coefficient (Wildman–Crippen LogP) is 3.18. The quantitative estimate of drug-likeness (QED) is 0.923. The minimum absolute atomic E-state index is 0.0357. The van der Waals surface area contributed by atoms with Gasteiger partial charge in [-0.1, -0.05) is 18.2 Å². The van der Waals surface area contributed by atoms with Crippen molar-refractivity contribution in [1.29, 1.82) is 0 Å². The van der Waals surface area contributed by atoms with Crippen LogP contribution in [0.15, 0.2) is 42.5 Å². The van der Waals surface area contributed by atoms with Gasteiger partial charge in [-0.2, -0.15) is 4.39 Å². The zero-order valence-electron chi connectivity index (χ0n) is 9.95. The van der Waals surface area contributed by atoms with E-state index in [4.69, 9.17) is 10.5 Å². The molecule has 1 atom stereocenters. The smallest absolute Gasteiger partial charge is 0.200 e. The topological polar surface area (TPSA) is 35.2 Å². The second-order valence-electron chi connectivity index (χ2n) is 4.02. The van der Waals surface area contributed by atoms with Gasteiger partial charge in [0.25, 0.3) is 0 Å². The highest BCUT2D eigenvalue weighted by molar-refractivity contribution is 5.26. The zero-order valence-corrected chi connectivity index (χ0v) is 9.95. The Hall–Kier alpha value is -2.01. The fourth-order valence-electron chi connectivity index (χ4n) is 1.58. The second-order valence-corrected chi connectivity index (χ2v) is 4.02. The van der Waals surface area contributed by atoms with Crippen LogP contribution in [0.1, 0.15) is 11.6 Å². The van der Waals surface area contributed by atoms with Crippen LogP contribution in [0.4, 0.5) is 13.2 Å². The lowest BCUT2D eigenvalue weighted by molar-refractivity contribution is 0.272. The molecule has 2 aromatic carbocycles. The normalized spacial score (nSPS) is 12.2. The van der Waals surface area contributed by atoms with Gasteiger partial charge in [0.1, 0.15) is 12.4 Å². The molecule has 2 rings (SSSR count). The van der Waals surface area contributed by atoms with Crippen molar-refractivity contribution in [3.8, 4) is 5.75 Å². The van der Waals surface area contributed by atoms with E-state index in [1.54, 1.807) is 0 Å². The maximum absolute atomic E-state index is 13.3. The van der Waals surface area contributed by atoms with E-state index in [2.05, 4.69) is 0 Å². The number of halogens is 3. The summed E-state index contributed by atoms with van der Waals surface area (Å²) in [5.74, 6) is -2.59. The highest BCUT2D eigenvalue weighted by Crippen LogP contribution is 2.20. The van der Waals surface area contributed by atoms with Crippen LogP contribution < -0.4 is 10.5 Å². The number of benzene rings is 2. The largest absolute Gasteiger partial charge is 0.488 e. The number of rotatable bonds is 4. The molecule has 0 saturated carbocycles. The summed E-state index contributed by atoms with van der Waals surface area (Å²) >= 11 is 0. The molecule has 0 radical (unpaired) electrons. The molecule has 0 aliphatic heterocycles. The van der Waals surface area contributed by atoms with Gasteiger partial charge in [-0.15, -0.1) is 0 Å². The Bertz CT molecular complexity index is 557. The molecular weight excluding hydrogens is 255 g/mol. The summed E-state index contributed by atoms with van der Waals surface area (Å²) < 4.78 is 44.1. The van der Waals surface area contributed by atoms with Crippen molar-refractivity contribution in [1.82, 2.24) is 0 Å². The summed E-state index contributed by atoms with van der Waals surface area (Å²) in [4.78, 5) is 0. The Morgan fingerprint density at radius 1 is 1.00 bits per heavy atom. The third-order valence-electron chi connectivity index (χ3n) is 2.63. The SMILES string of the molecule is NC(COc1cccc(F)c1F)c1ccc(F)cc1. The number of hydrogen-bond acceptors (Lipinski definition) is 2. The maximum Gasteiger partial charge on any atom is 0.200 e. The number of nitrogens with two attached hydrogens (primary N) is 1. The van der Waals surface area contributed by atoms with E-state index in [1.807, 2.05) is 0 Å². The molecule has 2 nitrogen and oxygen atoms in total. The number of ether oxygens (including phenoxy) is 1. The van der Waals surface area contributed by atoms with E-state index < -0.39 is 17.7 Å². The third-order valence-corrected chi connectivity index (χ3v) is 2.63. The van der Waals surface area contributed by atoms with Gasteiger partial charge in [0.2, 0.25) is 5.82 Å². The van der Waals surface area contributed by atoms with Crippen molar-refractivity contribution >= 4 is 0 Å². The highest BCUT2D eigenvalue weighted by Gasteiger charge is 2.11. The third kappa shape index (κ3) is 3.26. The van der Waals surface area contributed by atoms with Crippen LogP contribution in [-0.2, 0) is 0 Å². The summed E-state index contributed by atoms with van der Waals surface area (Å²) in [7, 11) is 0. The first-order valence-corrected chi connectivity index (χ1v) is 5.66. The Labute approximate surface area is 108 Å². The molecule has 0 bridgehead atoms. The first kappa shape index (κ1) is 13.4. The van der Waals surface area contributed by atoms with Crippen molar-refractivity contribution in [2.45, 2.75) is 6.04 Å². The van der Waals surface area contributed by atoms with Gasteiger partial charge in [-0.05, 0) is 29.8 Å². The van der Waals surface area contributed by atoms with Crippen LogP contribution in [0.3, 0.4) is 0 Å². The molecule has 0 spiro atoms. The average Bonchev–Trinajstić information content (AvgIpc) is 2.41. The lowest BCUT2D eigenvalue weighted by Gasteiger charge is -2.14. The van der Waals surface area contributed by atoms with Gasteiger partial charge >= 0.3 is 0 Å². The molecule has 0 aliphatic carbocycles. The second kappa shape index (κ2) is 5.75. The Morgan fingerprint density at radius 2 is 1.68 bits per heavy atom. The molecule has 2 N–H and O–H groups in total. The van der Waals surface area contributed by atoms with Crippen LogP contribution in [0.2, 0.25) is 0 Å². The molecular formula is C14H12F3NO. The van der Waals surface area contributed by atoms with Crippen LogP contribution in [-0.4, -0.2) is 6.61 Å².